The van der Waals surface area contributed by atoms with E-state index >= 15 is 0 Å². The summed E-state index contributed by atoms with van der Waals surface area (Å²) in [6.07, 6.45) is 3.09. The number of nitrogens with zero attached hydrogens (tertiary/aromatic N) is 2. The molecule has 0 saturated carbocycles. The van der Waals surface area contributed by atoms with E-state index in [0.717, 1.165) is 12.8 Å². The summed E-state index contributed by atoms with van der Waals surface area (Å²) < 4.78 is 5.22. The van der Waals surface area contributed by atoms with Crippen LogP contribution in [0.25, 0.3) is 0 Å². The Morgan fingerprint density at radius 2 is 2.25 bits per heavy atom. The van der Waals surface area contributed by atoms with Gasteiger partial charge in [0.1, 0.15) is 5.56 Å². The maximum absolute atomic E-state index is 10.9. The standard InChI is InChI=1S/C10H13N3O3/c14-10(15)8-1-4-11-13-9(8)12-7-2-5-16-6-3-7/h1,4,7H,2-3,5-6H2,(H,12,13)(H,14,15). The van der Waals surface area contributed by atoms with Gasteiger partial charge in [-0.05, 0) is 18.9 Å². The van der Waals surface area contributed by atoms with Crippen molar-refractivity contribution in [3.05, 3.63) is 17.8 Å². The topological polar surface area (TPSA) is 84.3 Å². The normalized spacial score (nSPS) is 17.0. The van der Waals surface area contributed by atoms with Crippen LogP contribution in [0.5, 0.6) is 0 Å². The summed E-state index contributed by atoms with van der Waals surface area (Å²) in [6, 6.07) is 1.65. The summed E-state index contributed by atoms with van der Waals surface area (Å²) in [5, 5.41) is 19.6. The van der Waals surface area contributed by atoms with Crippen molar-refractivity contribution in [2.75, 3.05) is 18.5 Å². The van der Waals surface area contributed by atoms with E-state index in [0.29, 0.717) is 19.0 Å². The van der Waals surface area contributed by atoms with Gasteiger partial charge < -0.3 is 15.2 Å². The molecule has 0 radical (unpaired) electrons. The van der Waals surface area contributed by atoms with Crippen molar-refractivity contribution < 1.29 is 14.6 Å². The molecule has 0 aliphatic carbocycles. The second kappa shape index (κ2) is 4.89. The van der Waals surface area contributed by atoms with Gasteiger partial charge in [-0.25, -0.2) is 4.79 Å². The Balaban J connectivity index is 2.10. The third-order valence-electron chi connectivity index (χ3n) is 2.51. The molecule has 1 aliphatic heterocycles. The molecule has 16 heavy (non-hydrogen) atoms. The van der Waals surface area contributed by atoms with Crippen LogP contribution in [-0.4, -0.2) is 40.5 Å². The highest BCUT2D eigenvalue weighted by Crippen LogP contribution is 2.16. The van der Waals surface area contributed by atoms with E-state index in [-0.39, 0.29) is 11.6 Å². The van der Waals surface area contributed by atoms with Crippen LogP contribution < -0.4 is 5.32 Å². The number of hydrogen-bond donors (Lipinski definition) is 2. The molecule has 0 unspecified atom stereocenters. The largest absolute Gasteiger partial charge is 0.478 e. The highest BCUT2D eigenvalue weighted by atomic mass is 16.5. The molecule has 0 aromatic carbocycles. The number of ether oxygens (including phenoxy) is 1. The molecule has 0 amide bonds. The van der Waals surface area contributed by atoms with Crippen molar-refractivity contribution >= 4 is 11.8 Å². The molecule has 2 heterocycles. The monoisotopic (exact) mass is 223 g/mol. The summed E-state index contributed by atoms with van der Waals surface area (Å²) in [7, 11) is 0. The Morgan fingerprint density at radius 1 is 1.50 bits per heavy atom. The van der Waals surface area contributed by atoms with Gasteiger partial charge in [0.2, 0.25) is 0 Å². The van der Waals surface area contributed by atoms with Crippen LogP contribution in [0.3, 0.4) is 0 Å². The third kappa shape index (κ3) is 2.46. The van der Waals surface area contributed by atoms with E-state index in [2.05, 4.69) is 15.5 Å². The quantitative estimate of drug-likeness (QED) is 0.787. The van der Waals surface area contributed by atoms with Gasteiger partial charge in [0.25, 0.3) is 0 Å². The smallest absolute Gasteiger partial charge is 0.339 e. The zero-order chi connectivity index (χ0) is 11.4. The molecule has 1 aliphatic rings. The Hall–Kier alpha value is -1.69. The predicted octanol–water partition coefficient (Wildman–Crippen LogP) is 0.766. The first kappa shape index (κ1) is 10.8. The molecule has 86 valence electrons. The van der Waals surface area contributed by atoms with Gasteiger partial charge in [-0.2, -0.15) is 5.10 Å². The number of nitrogens with one attached hydrogen (secondary N) is 1. The number of hydrogen-bond acceptors (Lipinski definition) is 5. The predicted molar refractivity (Wildman–Crippen MR) is 56.5 cm³/mol. The Morgan fingerprint density at radius 3 is 2.94 bits per heavy atom. The van der Waals surface area contributed by atoms with Crippen molar-refractivity contribution in [1.29, 1.82) is 0 Å². The first-order valence-corrected chi connectivity index (χ1v) is 5.16. The van der Waals surface area contributed by atoms with Gasteiger partial charge >= 0.3 is 5.97 Å². The average Bonchev–Trinajstić information content (AvgIpc) is 2.31. The molecule has 6 heteroatoms. The molecular weight excluding hydrogens is 210 g/mol. The van der Waals surface area contributed by atoms with Crippen molar-refractivity contribution in [1.82, 2.24) is 10.2 Å². The Kier molecular flexibility index (Phi) is 3.31. The SMILES string of the molecule is O=C(O)c1ccnnc1NC1CCOCC1. The van der Waals surface area contributed by atoms with Crippen molar-refractivity contribution in [2.45, 2.75) is 18.9 Å². The molecule has 0 atom stereocenters. The maximum Gasteiger partial charge on any atom is 0.339 e. The molecular formula is C10H13N3O3. The fourth-order valence-corrected chi connectivity index (χ4v) is 1.65. The Labute approximate surface area is 92.6 Å². The van der Waals surface area contributed by atoms with Crippen LogP contribution in [0.2, 0.25) is 0 Å². The minimum Gasteiger partial charge on any atom is -0.478 e. The number of aromatic nitrogens is 2. The summed E-state index contributed by atoms with van der Waals surface area (Å²) in [5.41, 5.74) is 0.154. The summed E-state index contributed by atoms with van der Waals surface area (Å²) in [6.45, 7) is 1.39. The van der Waals surface area contributed by atoms with Gasteiger partial charge in [0, 0.05) is 19.3 Å². The van der Waals surface area contributed by atoms with E-state index in [9.17, 15) is 4.79 Å². The summed E-state index contributed by atoms with van der Waals surface area (Å²) in [5.74, 6) is -0.661. The molecule has 1 aromatic heterocycles. The third-order valence-corrected chi connectivity index (χ3v) is 2.51. The molecule has 0 bridgehead atoms. The van der Waals surface area contributed by atoms with Crippen LogP contribution in [0, 0.1) is 0 Å². The molecule has 0 spiro atoms. The zero-order valence-corrected chi connectivity index (χ0v) is 8.72. The van der Waals surface area contributed by atoms with E-state index in [1.807, 2.05) is 0 Å². The molecule has 1 saturated heterocycles. The van der Waals surface area contributed by atoms with Crippen LogP contribution in [-0.2, 0) is 4.74 Å². The minimum atomic E-state index is -0.996. The first-order chi connectivity index (χ1) is 7.77. The lowest BCUT2D eigenvalue weighted by molar-refractivity contribution is 0.0697. The minimum absolute atomic E-state index is 0.154. The van der Waals surface area contributed by atoms with E-state index in [4.69, 9.17) is 9.84 Å². The summed E-state index contributed by atoms with van der Waals surface area (Å²) >= 11 is 0. The number of carboxylic acid groups (broad SMARTS) is 1. The zero-order valence-electron chi connectivity index (χ0n) is 8.72. The van der Waals surface area contributed by atoms with Gasteiger partial charge in [-0.15, -0.1) is 5.10 Å². The number of carbonyl (C=O) groups is 1. The van der Waals surface area contributed by atoms with Crippen LogP contribution in [0.15, 0.2) is 12.3 Å². The van der Waals surface area contributed by atoms with Crippen LogP contribution >= 0.6 is 0 Å². The number of anilines is 1. The van der Waals surface area contributed by atoms with Gasteiger partial charge in [-0.3, -0.25) is 0 Å². The first-order valence-electron chi connectivity index (χ1n) is 5.16. The van der Waals surface area contributed by atoms with E-state index in [1.54, 1.807) is 0 Å². The van der Waals surface area contributed by atoms with E-state index in [1.165, 1.54) is 12.3 Å². The lowest BCUT2D eigenvalue weighted by atomic mass is 10.1. The number of rotatable bonds is 3. The number of aromatic carboxylic acids is 1. The highest BCUT2D eigenvalue weighted by molar-refractivity contribution is 5.92. The fourth-order valence-electron chi connectivity index (χ4n) is 1.65. The van der Waals surface area contributed by atoms with Crippen molar-refractivity contribution in [3.8, 4) is 0 Å². The molecule has 2 N–H and O–H groups in total. The molecule has 2 rings (SSSR count). The lowest BCUT2D eigenvalue weighted by Crippen LogP contribution is -2.29. The van der Waals surface area contributed by atoms with Gasteiger partial charge in [0.15, 0.2) is 5.82 Å². The number of carboxylic acids is 1. The van der Waals surface area contributed by atoms with Crippen LogP contribution in [0.1, 0.15) is 23.2 Å². The second-order valence-corrected chi connectivity index (χ2v) is 3.63. The van der Waals surface area contributed by atoms with Crippen molar-refractivity contribution in [2.24, 2.45) is 0 Å². The van der Waals surface area contributed by atoms with Gasteiger partial charge in [0.05, 0.1) is 6.20 Å². The highest BCUT2D eigenvalue weighted by Gasteiger charge is 2.18. The lowest BCUT2D eigenvalue weighted by Gasteiger charge is -2.23. The fraction of sp³-hybridized carbons (Fsp3) is 0.500. The van der Waals surface area contributed by atoms with Gasteiger partial charge in [-0.1, -0.05) is 0 Å². The summed E-state index contributed by atoms with van der Waals surface area (Å²) in [4.78, 5) is 10.9. The second-order valence-electron chi connectivity index (χ2n) is 3.63. The maximum atomic E-state index is 10.9. The van der Waals surface area contributed by atoms with Crippen molar-refractivity contribution in [3.63, 3.8) is 0 Å². The molecule has 1 fully saturated rings. The average molecular weight is 223 g/mol. The molecule has 6 nitrogen and oxygen atoms in total. The van der Waals surface area contributed by atoms with Crippen LogP contribution in [0.4, 0.5) is 5.82 Å². The Bertz CT molecular complexity index is 377. The van der Waals surface area contributed by atoms with E-state index < -0.39 is 5.97 Å². The molecule has 1 aromatic rings.